The lowest BCUT2D eigenvalue weighted by Gasteiger charge is -2.17. The van der Waals surface area contributed by atoms with E-state index in [9.17, 15) is 4.79 Å². The van der Waals surface area contributed by atoms with E-state index in [0.717, 1.165) is 5.56 Å². The minimum absolute atomic E-state index is 0.183. The van der Waals surface area contributed by atoms with Gasteiger partial charge in [-0.15, -0.1) is 0 Å². The average molecular weight is 293 g/mol. The van der Waals surface area contributed by atoms with E-state index in [0.29, 0.717) is 17.5 Å². The summed E-state index contributed by atoms with van der Waals surface area (Å²) in [6.07, 6.45) is 10.3. The molecule has 0 aromatic heterocycles. The largest absolute Gasteiger partial charge is 0.334 e. The quantitative estimate of drug-likeness (QED) is 0.856. The Labute approximate surface area is 125 Å². The van der Waals surface area contributed by atoms with Gasteiger partial charge in [0.05, 0.1) is 0 Å². The predicted molar refractivity (Wildman–Crippen MR) is 82.5 cm³/mol. The Hall–Kier alpha value is -1.48. The lowest BCUT2D eigenvalue weighted by Crippen LogP contribution is -2.31. The smallest absolute Gasteiger partial charge is 0.319 e. The normalized spacial score (nSPS) is 16.2. The van der Waals surface area contributed by atoms with Crippen molar-refractivity contribution in [2.45, 2.75) is 38.6 Å². The highest BCUT2D eigenvalue weighted by Gasteiger charge is 2.09. The van der Waals surface area contributed by atoms with Crippen molar-refractivity contribution in [1.82, 2.24) is 10.6 Å². The van der Waals surface area contributed by atoms with E-state index in [-0.39, 0.29) is 6.03 Å². The van der Waals surface area contributed by atoms with Crippen molar-refractivity contribution >= 4 is 17.6 Å². The Morgan fingerprint density at radius 2 is 2.10 bits per heavy atom. The number of carbonyl (C=O) groups excluding carboxylic acids is 1. The summed E-state index contributed by atoms with van der Waals surface area (Å²) in [5.41, 5.74) is 0.990. The first kappa shape index (κ1) is 14.9. The molecular weight excluding hydrogens is 272 g/mol. The SMILES string of the molecule is O=C(N/C=C/C1CCCCC1)NCc1cccc(Cl)c1. The number of halogens is 1. The number of carbonyl (C=O) groups is 1. The Morgan fingerprint density at radius 3 is 2.85 bits per heavy atom. The van der Waals surface area contributed by atoms with Crippen molar-refractivity contribution in [2.75, 3.05) is 0 Å². The number of nitrogens with one attached hydrogen (secondary N) is 2. The van der Waals surface area contributed by atoms with Gasteiger partial charge in [0.25, 0.3) is 0 Å². The van der Waals surface area contributed by atoms with Crippen molar-refractivity contribution in [2.24, 2.45) is 5.92 Å². The maximum atomic E-state index is 11.6. The van der Waals surface area contributed by atoms with Crippen LogP contribution in [0.25, 0.3) is 0 Å². The Bertz CT molecular complexity index is 467. The van der Waals surface area contributed by atoms with E-state index in [1.807, 2.05) is 24.3 Å². The second-order valence-corrected chi connectivity index (χ2v) is 5.65. The fourth-order valence-electron chi connectivity index (χ4n) is 2.47. The highest BCUT2D eigenvalue weighted by atomic mass is 35.5. The van der Waals surface area contributed by atoms with Gasteiger partial charge in [-0.2, -0.15) is 0 Å². The summed E-state index contributed by atoms with van der Waals surface area (Å²) in [5.74, 6) is 0.622. The van der Waals surface area contributed by atoms with Crippen molar-refractivity contribution in [3.05, 3.63) is 47.1 Å². The molecule has 3 nitrogen and oxygen atoms in total. The summed E-state index contributed by atoms with van der Waals surface area (Å²) < 4.78 is 0. The van der Waals surface area contributed by atoms with Gasteiger partial charge >= 0.3 is 6.03 Å². The summed E-state index contributed by atoms with van der Waals surface area (Å²) in [7, 11) is 0. The fourth-order valence-corrected chi connectivity index (χ4v) is 2.68. The van der Waals surface area contributed by atoms with Crippen LogP contribution >= 0.6 is 11.6 Å². The molecule has 2 N–H and O–H groups in total. The minimum Gasteiger partial charge on any atom is -0.334 e. The number of rotatable bonds is 4. The number of hydrogen-bond acceptors (Lipinski definition) is 1. The highest BCUT2D eigenvalue weighted by molar-refractivity contribution is 6.30. The van der Waals surface area contributed by atoms with Gasteiger partial charge in [0, 0.05) is 17.8 Å². The van der Waals surface area contributed by atoms with Gasteiger partial charge < -0.3 is 10.6 Å². The summed E-state index contributed by atoms with van der Waals surface area (Å²) in [5, 5.41) is 6.24. The third-order valence-electron chi connectivity index (χ3n) is 3.57. The molecule has 0 saturated heterocycles. The van der Waals surface area contributed by atoms with Crippen LogP contribution in [0.15, 0.2) is 36.5 Å². The van der Waals surface area contributed by atoms with Crippen LogP contribution < -0.4 is 10.6 Å². The van der Waals surface area contributed by atoms with Gasteiger partial charge in [-0.3, -0.25) is 0 Å². The molecule has 20 heavy (non-hydrogen) atoms. The van der Waals surface area contributed by atoms with Crippen molar-refractivity contribution in [3.8, 4) is 0 Å². The molecule has 0 radical (unpaired) electrons. The molecule has 0 unspecified atom stereocenters. The summed E-state index contributed by atoms with van der Waals surface area (Å²) in [6, 6.07) is 7.29. The molecule has 1 aromatic rings. The average Bonchev–Trinajstić information content (AvgIpc) is 2.46. The molecule has 4 heteroatoms. The van der Waals surface area contributed by atoms with E-state index in [1.165, 1.54) is 32.1 Å². The van der Waals surface area contributed by atoms with Crippen LogP contribution in [0.1, 0.15) is 37.7 Å². The topological polar surface area (TPSA) is 41.1 Å². The second kappa shape index (κ2) is 7.95. The van der Waals surface area contributed by atoms with E-state index in [4.69, 9.17) is 11.6 Å². The van der Waals surface area contributed by atoms with Gasteiger partial charge in [0.2, 0.25) is 0 Å². The van der Waals surface area contributed by atoms with Crippen molar-refractivity contribution < 1.29 is 4.79 Å². The van der Waals surface area contributed by atoms with Gasteiger partial charge in [-0.1, -0.05) is 49.1 Å². The lowest BCUT2D eigenvalue weighted by atomic mass is 9.89. The first-order valence-corrected chi connectivity index (χ1v) is 7.57. The highest BCUT2D eigenvalue weighted by Crippen LogP contribution is 2.24. The third-order valence-corrected chi connectivity index (χ3v) is 3.81. The zero-order valence-corrected chi connectivity index (χ0v) is 12.3. The number of urea groups is 1. The zero-order chi connectivity index (χ0) is 14.2. The maximum Gasteiger partial charge on any atom is 0.319 e. The fraction of sp³-hybridized carbons (Fsp3) is 0.438. The molecule has 108 valence electrons. The van der Waals surface area contributed by atoms with Crippen LogP contribution in [-0.4, -0.2) is 6.03 Å². The first-order valence-electron chi connectivity index (χ1n) is 7.19. The summed E-state index contributed by atoms with van der Waals surface area (Å²) in [6.45, 7) is 0.476. The van der Waals surface area contributed by atoms with Gasteiger partial charge in [-0.25, -0.2) is 4.79 Å². The Morgan fingerprint density at radius 1 is 1.30 bits per heavy atom. The van der Waals surface area contributed by atoms with E-state index in [2.05, 4.69) is 16.7 Å². The molecule has 0 spiro atoms. The monoisotopic (exact) mass is 292 g/mol. The molecule has 2 rings (SSSR count). The van der Waals surface area contributed by atoms with Crippen LogP contribution in [-0.2, 0) is 6.54 Å². The number of benzene rings is 1. The van der Waals surface area contributed by atoms with E-state index in [1.54, 1.807) is 6.20 Å². The summed E-state index contributed by atoms with van der Waals surface area (Å²) >= 11 is 5.89. The minimum atomic E-state index is -0.183. The molecule has 1 saturated carbocycles. The molecule has 0 bridgehead atoms. The maximum absolute atomic E-state index is 11.6. The van der Waals surface area contributed by atoms with Crippen LogP contribution in [0, 0.1) is 5.92 Å². The van der Waals surface area contributed by atoms with Crippen molar-refractivity contribution in [1.29, 1.82) is 0 Å². The molecule has 0 aliphatic heterocycles. The lowest BCUT2D eigenvalue weighted by molar-refractivity contribution is 0.243. The second-order valence-electron chi connectivity index (χ2n) is 5.21. The Balaban J connectivity index is 1.68. The number of allylic oxidation sites excluding steroid dienone is 1. The third kappa shape index (κ3) is 5.25. The predicted octanol–water partition coefficient (Wildman–Crippen LogP) is 4.23. The van der Waals surface area contributed by atoms with E-state index < -0.39 is 0 Å². The number of hydrogen-bond donors (Lipinski definition) is 2. The standard InChI is InChI=1S/C16H21ClN2O/c17-15-8-4-7-14(11-15)12-19-16(20)18-10-9-13-5-2-1-3-6-13/h4,7-11,13H,1-3,5-6,12H2,(H2,18,19,20)/b10-9+. The molecule has 0 heterocycles. The zero-order valence-electron chi connectivity index (χ0n) is 11.6. The molecule has 1 aliphatic carbocycles. The van der Waals surface area contributed by atoms with E-state index >= 15 is 0 Å². The van der Waals surface area contributed by atoms with Crippen LogP contribution in [0.5, 0.6) is 0 Å². The number of amides is 2. The molecule has 0 atom stereocenters. The van der Waals surface area contributed by atoms with Crippen LogP contribution in [0.2, 0.25) is 5.02 Å². The van der Waals surface area contributed by atoms with Gasteiger partial charge in [-0.05, 0) is 36.5 Å². The molecule has 1 fully saturated rings. The van der Waals surface area contributed by atoms with Gasteiger partial charge in [0.15, 0.2) is 0 Å². The summed E-state index contributed by atoms with van der Waals surface area (Å²) in [4.78, 5) is 11.6. The Kier molecular flexibility index (Phi) is 5.93. The molecule has 1 aromatic carbocycles. The van der Waals surface area contributed by atoms with Gasteiger partial charge in [0.1, 0.15) is 0 Å². The molecule has 1 aliphatic rings. The molecule has 2 amide bonds. The van der Waals surface area contributed by atoms with Crippen molar-refractivity contribution in [3.63, 3.8) is 0 Å². The van der Waals surface area contributed by atoms with Crippen LogP contribution in [0.3, 0.4) is 0 Å². The molecular formula is C16H21ClN2O. The van der Waals surface area contributed by atoms with Crippen LogP contribution in [0.4, 0.5) is 4.79 Å². The first-order chi connectivity index (χ1) is 9.74.